The first kappa shape index (κ1) is 21.6. The summed E-state index contributed by atoms with van der Waals surface area (Å²) >= 11 is 6.12. The Morgan fingerprint density at radius 1 is 1.22 bits per heavy atom. The predicted molar refractivity (Wildman–Crippen MR) is 104 cm³/mol. The Kier molecular flexibility index (Phi) is 7.60. The molecule has 8 nitrogen and oxygen atoms in total. The summed E-state index contributed by atoms with van der Waals surface area (Å²) < 4.78 is 27.0. The summed E-state index contributed by atoms with van der Waals surface area (Å²) in [6.45, 7) is 2.57. The van der Waals surface area contributed by atoms with Crippen LogP contribution < -0.4 is 16.0 Å². The van der Waals surface area contributed by atoms with Crippen molar-refractivity contribution in [2.24, 2.45) is 0 Å². The van der Waals surface area contributed by atoms with E-state index in [0.717, 1.165) is 19.3 Å². The summed E-state index contributed by atoms with van der Waals surface area (Å²) in [6, 6.07) is 3.60. The molecular weight excluding hydrogens is 392 g/mol. The van der Waals surface area contributed by atoms with Crippen LogP contribution in [0.3, 0.4) is 0 Å². The topological polar surface area (TPSA) is 108 Å². The second-order valence-electron chi connectivity index (χ2n) is 6.37. The lowest BCUT2D eigenvalue weighted by Gasteiger charge is -2.26. The third-order valence-electron chi connectivity index (χ3n) is 4.39. The highest BCUT2D eigenvalue weighted by atomic mass is 35.5. The Labute approximate surface area is 164 Å². The van der Waals surface area contributed by atoms with E-state index < -0.39 is 22.0 Å². The minimum atomic E-state index is -3.63. The number of sulfonamides is 1. The summed E-state index contributed by atoms with van der Waals surface area (Å²) in [5.41, 5.74) is 0.216. The number of nitrogens with one attached hydrogen (secondary N) is 3. The van der Waals surface area contributed by atoms with Gasteiger partial charge in [0.1, 0.15) is 0 Å². The fraction of sp³-hybridized carbons (Fsp3) is 0.529. The minimum absolute atomic E-state index is 0.0117. The molecule has 1 heterocycles. The molecule has 2 rings (SSSR count). The number of carbonyl (C=O) groups is 2. The van der Waals surface area contributed by atoms with Crippen LogP contribution in [-0.4, -0.2) is 57.3 Å². The maximum Gasteiger partial charge on any atom is 0.243 e. The molecule has 1 aliphatic heterocycles. The standard InChI is InChI=1S/C17H25ClN4O4S/c1-12(20-11-16(23)19-2)17(24)21-15-10-13(6-7-14(15)18)27(25,26)22-8-4-3-5-9-22/h6-7,10,12,20H,3-5,8-9,11H2,1-2H3,(H,19,23)(H,21,24)/t12-/m1/s1. The number of rotatable bonds is 7. The number of benzene rings is 1. The van der Waals surface area contributed by atoms with E-state index in [2.05, 4.69) is 16.0 Å². The molecule has 1 aromatic carbocycles. The Bertz CT molecular complexity index is 794. The average molecular weight is 417 g/mol. The van der Waals surface area contributed by atoms with Crippen LogP contribution in [0, 0.1) is 0 Å². The molecule has 1 aliphatic rings. The summed E-state index contributed by atoms with van der Waals surface area (Å²) in [6.07, 6.45) is 2.70. The van der Waals surface area contributed by atoms with Crippen molar-refractivity contribution >= 4 is 39.1 Å². The average Bonchev–Trinajstić information content (AvgIpc) is 2.67. The van der Waals surface area contributed by atoms with Crippen molar-refractivity contribution in [3.63, 3.8) is 0 Å². The van der Waals surface area contributed by atoms with Crippen molar-refractivity contribution in [3.05, 3.63) is 23.2 Å². The molecule has 1 fully saturated rings. The molecule has 2 amide bonds. The number of piperidine rings is 1. The smallest absolute Gasteiger partial charge is 0.243 e. The molecule has 0 saturated carbocycles. The minimum Gasteiger partial charge on any atom is -0.358 e. The van der Waals surface area contributed by atoms with Crippen molar-refractivity contribution in [1.82, 2.24) is 14.9 Å². The monoisotopic (exact) mass is 416 g/mol. The van der Waals surface area contributed by atoms with Gasteiger partial charge in [-0.15, -0.1) is 0 Å². The van der Waals surface area contributed by atoms with Gasteiger partial charge in [0.2, 0.25) is 21.8 Å². The first-order valence-electron chi connectivity index (χ1n) is 8.80. The van der Waals surface area contributed by atoms with Crippen LogP contribution in [0.4, 0.5) is 5.69 Å². The van der Waals surface area contributed by atoms with Crippen LogP contribution in [-0.2, 0) is 19.6 Å². The molecule has 0 aromatic heterocycles. The SMILES string of the molecule is CNC(=O)CN[C@H](C)C(=O)Nc1cc(S(=O)(=O)N2CCCCC2)ccc1Cl. The van der Waals surface area contributed by atoms with E-state index in [0.29, 0.717) is 13.1 Å². The number of likely N-dealkylation sites (N-methyl/N-ethyl adjacent to an activating group) is 1. The molecule has 0 bridgehead atoms. The molecular formula is C17H25ClN4O4S. The number of halogens is 1. The summed E-state index contributed by atoms with van der Waals surface area (Å²) in [5, 5.41) is 8.08. The van der Waals surface area contributed by atoms with Crippen LogP contribution in [0.1, 0.15) is 26.2 Å². The zero-order chi connectivity index (χ0) is 20.0. The molecule has 0 radical (unpaired) electrons. The van der Waals surface area contributed by atoms with Crippen LogP contribution >= 0.6 is 11.6 Å². The van der Waals surface area contributed by atoms with E-state index in [1.54, 1.807) is 6.92 Å². The highest BCUT2D eigenvalue weighted by Crippen LogP contribution is 2.28. The second kappa shape index (κ2) is 9.50. The number of anilines is 1. The Hall–Kier alpha value is -1.68. The van der Waals surface area contributed by atoms with Gasteiger partial charge in [-0.25, -0.2) is 8.42 Å². The van der Waals surface area contributed by atoms with Gasteiger partial charge in [0, 0.05) is 20.1 Å². The van der Waals surface area contributed by atoms with Gasteiger partial charge in [-0.05, 0) is 38.0 Å². The Morgan fingerprint density at radius 3 is 2.52 bits per heavy atom. The number of nitrogens with zero attached hydrogens (tertiary/aromatic N) is 1. The van der Waals surface area contributed by atoms with Gasteiger partial charge >= 0.3 is 0 Å². The summed E-state index contributed by atoms with van der Waals surface area (Å²) in [4.78, 5) is 23.7. The third-order valence-corrected chi connectivity index (χ3v) is 6.61. The van der Waals surface area contributed by atoms with Gasteiger partial charge in [0.25, 0.3) is 0 Å². The highest BCUT2D eigenvalue weighted by Gasteiger charge is 2.27. The van der Waals surface area contributed by atoms with E-state index >= 15 is 0 Å². The van der Waals surface area contributed by atoms with Gasteiger partial charge in [0.15, 0.2) is 0 Å². The van der Waals surface area contributed by atoms with Crippen LogP contribution in [0.15, 0.2) is 23.1 Å². The zero-order valence-electron chi connectivity index (χ0n) is 15.4. The first-order chi connectivity index (χ1) is 12.8. The molecule has 1 aromatic rings. The third kappa shape index (κ3) is 5.65. The van der Waals surface area contributed by atoms with E-state index in [1.807, 2.05) is 0 Å². The maximum atomic E-state index is 12.8. The molecule has 3 N–H and O–H groups in total. The largest absolute Gasteiger partial charge is 0.358 e. The second-order valence-corrected chi connectivity index (χ2v) is 8.72. The van der Waals surface area contributed by atoms with E-state index in [4.69, 9.17) is 11.6 Å². The van der Waals surface area contributed by atoms with E-state index in [9.17, 15) is 18.0 Å². The molecule has 1 atom stereocenters. The lowest BCUT2D eigenvalue weighted by molar-refractivity contribution is -0.120. The van der Waals surface area contributed by atoms with Crippen molar-refractivity contribution in [2.75, 3.05) is 32.0 Å². The quantitative estimate of drug-likeness (QED) is 0.618. The molecule has 150 valence electrons. The van der Waals surface area contributed by atoms with E-state index in [-0.39, 0.29) is 28.1 Å². The van der Waals surface area contributed by atoms with Gasteiger partial charge in [-0.1, -0.05) is 18.0 Å². The summed E-state index contributed by atoms with van der Waals surface area (Å²) in [7, 11) is -2.12. The van der Waals surface area contributed by atoms with Gasteiger partial charge in [0.05, 0.1) is 28.2 Å². The fourth-order valence-electron chi connectivity index (χ4n) is 2.68. The first-order valence-corrected chi connectivity index (χ1v) is 10.6. The molecule has 1 saturated heterocycles. The van der Waals surface area contributed by atoms with Gasteiger partial charge < -0.3 is 10.6 Å². The fourth-order valence-corrected chi connectivity index (χ4v) is 4.39. The molecule has 10 heteroatoms. The molecule has 0 spiro atoms. The van der Waals surface area contributed by atoms with Crippen molar-refractivity contribution in [1.29, 1.82) is 0 Å². The predicted octanol–water partition coefficient (Wildman–Crippen LogP) is 1.18. The summed E-state index contributed by atoms with van der Waals surface area (Å²) in [5.74, 6) is -0.671. The van der Waals surface area contributed by atoms with Crippen molar-refractivity contribution in [2.45, 2.75) is 37.1 Å². The zero-order valence-corrected chi connectivity index (χ0v) is 17.0. The number of hydrogen-bond donors (Lipinski definition) is 3. The Balaban J connectivity index is 2.12. The van der Waals surface area contributed by atoms with Crippen LogP contribution in [0.2, 0.25) is 5.02 Å². The van der Waals surface area contributed by atoms with Gasteiger partial charge in [-0.2, -0.15) is 4.31 Å². The molecule has 0 aliphatic carbocycles. The number of amides is 2. The molecule has 0 unspecified atom stereocenters. The van der Waals surface area contributed by atoms with Crippen LogP contribution in [0.25, 0.3) is 0 Å². The lowest BCUT2D eigenvalue weighted by atomic mass is 10.2. The van der Waals surface area contributed by atoms with E-state index in [1.165, 1.54) is 29.6 Å². The van der Waals surface area contributed by atoms with Crippen LogP contribution in [0.5, 0.6) is 0 Å². The van der Waals surface area contributed by atoms with Crippen molar-refractivity contribution in [3.8, 4) is 0 Å². The number of carbonyl (C=O) groups excluding carboxylic acids is 2. The highest BCUT2D eigenvalue weighted by molar-refractivity contribution is 7.89. The number of hydrogen-bond acceptors (Lipinski definition) is 5. The normalized spacial score (nSPS) is 16.6. The molecule has 27 heavy (non-hydrogen) atoms. The Morgan fingerprint density at radius 2 is 1.89 bits per heavy atom. The van der Waals surface area contributed by atoms with Gasteiger partial charge in [-0.3, -0.25) is 14.9 Å². The lowest BCUT2D eigenvalue weighted by Crippen LogP contribution is -2.43. The maximum absolute atomic E-state index is 12.8. The van der Waals surface area contributed by atoms with Crippen molar-refractivity contribution < 1.29 is 18.0 Å².